The second-order valence-corrected chi connectivity index (χ2v) is 6.29. The van der Waals surface area contributed by atoms with Gasteiger partial charge in [0.15, 0.2) is 0 Å². The van der Waals surface area contributed by atoms with Gasteiger partial charge in [0.05, 0.1) is 11.3 Å². The van der Waals surface area contributed by atoms with E-state index in [-0.39, 0.29) is 11.4 Å². The summed E-state index contributed by atoms with van der Waals surface area (Å²) in [5, 5.41) is 0. The molecule has 0 amide bonds. The number of carbonyl (C=O) groups is 1. The van der Waals surface area contributed by atoms with Crippen molar-refractivity contribution in [2.45, 2.75) is 25.8 Å². The lowest BCUT2D eigenvalue weighted by Gasteiger charge is -2.12. The third-order valence-corrected chi connectivity index (χ3v) is 4.51. The summed E-state index contributed by atoms with van der Waals surface area (Å²) in [5.74, 6) is -0.209. The van der Waals surface area contributed by atoms with Gasteiger partial charge in [-0.3, -0.25) is 4.79 Å². The van der Waals surface area contributed by atoms with Crippen LogP contribution < -0.4 is 10.3 Å². The molecule has 26 heavy (non-hydrogen) atoms. The van der Waals surface area contributed by atoms with Crippen LogP contribution >= 0.6 is 0 Å². The standard InChI is InChI=1S/C21H18N2O3/c24-20-17(14-15-8-3-1-4-9-15)22-19(18-12-7-13-23(18)20)26-21(25)16-10-5-2-6-11-16/h1-6,8-11H,7,12-14H2. The van der Waals surface area contributed by atoms with E-state index in [4.69, 9.17) is 4.74 Å². The lowest BCUT2D eigenvalue weighted by atomic mass is 10.1. The predicted octanol–water partition coefficient (Wildman–Crippen LogP) is 3.00. The summed E-state index contributed by atoms with van der Waals surface area (Å²) in [6, 6.07) is 18.5. The Kier molecular flexibility index (Phi) is 4.35. The maximum Gasteiger partial charge on any atom is 0.344 e. The minimum Gasteiger partial charge on any atom is -0.402 e. The first-order chi connectivity index (χ1) is 12.7. The quantitative estimate of drug-likeness (QED) is 0.682. The normalized spacial score (nSPS) is 12.6. The van der Waals surface area contributed by atoms with Crippen LogP contribution in [0.1, 0.15) is 33.7 Å². The topological polar surface area (TPSA) is 61.2 Å². The number of benzene rings is 2. The van der Waals surface area contributed by atoms with Crippen molar-refractivity contribution in [1.29, 1.82) is 0 Å². The van der Waals surface area contributed by atoms with E-state index in [1.54, 1.807) is 28.8 Å². The fourth-order valence-corrected chi connectivity index (χ4v) is 3.22. The third-order valence-electron chi connectivity index (χ3n) is 4.51. The zero-order valence-electron chi connectivity index (χ0n) is 14.2. The molecular weight excluding hydrogens is 328 g/mol. The molecule has 3 aromatic rings. The highest BCUT2D eigenvalue weighted by molar-refractivity contribution is 5.90. The number of rotatable bonds is 4. The zero-order valence-corrected chi connectivity index (χ0v) is 14.2. The molecule has 4 rings (SSSR count). The van der Waals surface area contributed by atoms with Crippen molar-refractivity contribution in [2.75, 3.05) is 0 Å². The van der Waals surface area contributed by atoms with Crippen molar-refractivity contribution < 1.29 is 9.53 Å². The van der Waals surface area contributed by atoms with E-state index < -0.39 is 5.97 Å². The van der Waals surface area contributed by atoms with Crippen molar-refractivity contribution in [3.05, 3.63) is 93.5 Å². The third kappa shape index (κ3) is 3.16. The summed E-state index contributed by atoms with van der Waals surface area (Å²) in [6.07, 6.45) is 1.95. The highest BCUT2D eigenvalue weighted by atomic mass is 16.5. The first-order valence-electron chi connectivity index (χ1n) is 8.66. The molecule has 0 fully saturated rings. The highest BCUT2D eigenvalue weighted by Crippen LogP contribution is 2.23. The Balaban J connectivity index is 1.70. The molecule has 2 aromatic carbocycles. The van der Waals surface area contributed by atoms with Gasteiger partial charge < -0.3 is 9.30 Å². The number of hydrogen-bond acceptors (Lipinski definition) is 4. The largest absolute Gasteiger partial charge is 0.402 e. The Morgan fingerprint density at radius 3 is 2.46 bits per heavy atom. The Hall–Kier alpha value is -3.21. The highest BCUT2D eigenvalue weighted by Gasteiger charge is 2.23. The summed E-state index contributed by atoms with van der Waals surface area (Å²) in [5.41, 5.74) is 2.47. The smallest absolute Gasteiger partial charge is 0.344 e. The minimum absolute atomic E-state index is 0.0964. The van der Waals surface area contributed by atoms with Gasteiger partial charge in [-0.15, -0.1) is 0 Å². The van der Waals surface area contributed by atoms with Crippen molar-refractivity contribution in [2.24, 2.45) is 0 Å². The van der Waals surface area contributed by atoms with Crippen molar-refractivity contribution in [1.82, 2.24) is 9.55 Å². The van der Waals surface area contributed by atoms with Gasteiger partial charge in [0.1, 0.15) is 5.69 Å². The number of aromatic nitrogens is 2. The molecule has 0 bridgehead atoms. The summed E-state index contributed by atoms with van der Waals surface area (Å²) in [4.78, 5) is 29.6. The van der Waals surface area contributed by atoms with E-state index in [2.05, 4.69) is 4.98 Å². The first kappa shape index (κ1) is 16.3. The lowest BCUT2D eigenvalue weighted by molar-refractivity contribution is 0.0724. The molecule has 0 saturated carbocycles. The zero-order chi connectivity index (χ0) is 17.9. The SMILES string of the molecule is O=C(Oc1nc(Cc2ccccc2)c(=O)n2c1CCC2)c1ccccc1. The van der Waals surface area contributed by atoms with Crippen molar-refractivity contribution in [3.63, 3.8) is 0 Å². The molecule has 1 aliphatic heterocycles. The van der Waals surface area contributed by atoms with Crippen molar-refractivity contribution in [3.8, 4) is 5.88 Å². The molecule has 0 atom stereocenters. The minimum atomic E-state index is -0.461. The van der Waals surface area contributed by atoms with Crippen LogP contribution in [0.2, 0.25) is 0 Å². The van der Waals surface area contributed by atoms with E-state index in [9.17, 15) is 9.59 Å². The van der Waals surface area contributed by atoms with Gasteiger partial charge in [0.25, 0.3) is 5.56 Å². The van der Waals surface area contributed by atoms with Crippen LogP contribution in [0.3, 0.4) is 0 Å². The average molecular weight is 346 g/mol. The molecule has 0 unspecified atom stereocenters. The van der Waals surface area contributed by atoms with Crippen LogP contribution in [0.5, 0.6) is 5.88 Å². The molecule has 2 heterocycles. The van der Waals surface area contributed by atoms with E-state index >= 15 is 0 Å². The average Bonchev–Trinajstić information content (AvgIpc) is 3.17. The fourth-order valence-electron chi connectivity index (χ4n) is 3.22. The van der Waals surface area contributed by atoms with Gasteiger partial charge in [0, 0.05) is 13.0 Å². The summed E-state index contributed by atoms with van der Waals surface area (Å²) >= 11 is 0. The van der Waals surface area contributed by atoms with Crippen LogP contribution in [0, 0.1) is 0 Å². The van der Waals surface area contributed by atoms with E-state index in [0.29, 0.717) is 36.3 Å². The number of nitrogens with zero attached hydrogens (tertiary/aromatic N) is 2. The number of fused-ring (bicyclic) bond motifs is 1. The Morgan fingerprint density at radius 1 is 1.04 bits per heavy atom. The number of ether oxygens (including phenoxy) is 1. The van der Waals surface area contributed by atoms with Gasteiger partial charge >= 0.3 is 5.97 Å². The maximum absolute atomic E-state index is 12.7. The molecule has 0 aliphatic carbocycles. The number of esters is 1. The molecular formula is C21H18N2O3. The second-order valence-electron chi connectivity index (χ2n) is 6.29. The Morgan fingerprint density at radius 2 is 1.73 bits per heavy atom. The fraction of sp³-hybridized carbons (Fsp3) is 0.190. The molecule has 5 heteroatoms. The molecule has 1 aromatic heterocycles. The summed E-state index contributed by atoms with van der Waals surface area (Å²) in [6.45, 7) is 0.633. The molecule has 1 aliphatic rings. The van der Waals surface area contributed by atoms with Gasteiger partial charge in [-0.1, -0.05) is 48.5 Å². The monoisotopic (exact) mass is 346 g/mol. The molecule has 0 spiro atoms. The molecule has 0 radical (unpaired) electrons. The predicted molar refractivity (Wildman–Crippen MR) is 97.5 cm³/mol. The van der Waals surface area contributed by atoms with E-state index in [1.807, 2.05) is 36.4 Å². The van der Waals surface area contributed by atoms with E-state index in [0.717, 1.165) is 12.0 Å². The van der Waals surface area contributed by atoms with E-state index in [1.165, 1.54) is 0 Å². The first-order valence-corrected chi connectivity index (χ1v) is 8.66. The Labute approximate surface area is 150 Å². The second kappa shape index (κ2) is 6.96. The van der Waals surface area contributed by atoms with Gasteiger partial charge in [0.2, 0.25) is 5.88 Å². The number of hydrogen-bond donors (Lipinski definition) is 0. The molecule has 0 saturated heterocycles. The van der Waals surface area contributed by atoms with Gasteiger partial charge in [-0.2, -0.15) is 0 Å². The molecule has 5 nitrogen and oxygen atoms in total. The summed E-state index contributed by atoms with van der Waals surface area (Å²) in [7, 11) is 0. The Bertz CT molecular complexity index is 995. The summed E-state index contributed by atoms with van der Waals surface area (Å²) < 4.78 is 7.26. The van der Waals surface area contributed by atoms with Crippen LogP contribution in [0.25, 0.3) is 0 Å². The molecule has 0 N–H and O–H groups in total. The van der Waals surface area contributed by atoms with Gasteiger partial charge in [-0.05, 0) is 30.5 Å². The lowest BCUT2D eigenvalue weighted by Crippen LogP contribution is -2.27. The van der Waals surface area contributed by atoms with Crippen LogP contribution in [0.15, 0.2) is 65.5 Å². The molecule has 130 valence electrons. The van der Waals surface area contributed by atoms with Crippen LogP contribution in [-0.4, -0.2) is 15.5 Å². The maximum atomic E-state index is 12.7. The van der Waals surface area contributed by atoms with Crippen molar-refractivity contribution >= 4 is 5.97 Å². The number of carbonyl (C=O) groups excluding carboxylic acids is 1. The van der Waals surface area contributed by atoms with Crippen LogP contribution in [-0.2, 0) is 19.4 Å². The van der Waals surface area contributed by atoms with Gasteiger partial charge in [-0.25, -0.2) is 9.78 Å². The van der Waals surface area contributed by atoms with Crippen LogP contribution in [0.4, 0.5) is 0 Å².